The number of carbonyl (C=O) groups is 2. The van der Waals surface area contributed by atoms with Gasteiger partial charge in [0.25, 0.3) is 5.91 Å². The molecule has 0 radical (unpaired) electrons. The molecule has 1 amide bonds. The third-order valence-corrected chi connectivity index (χ3v) is 6.61. The van der Waals surface area contributed by atoms with Crippen LogP contribution in [0.25, 0.3) is 10.2 Å². The summed E-state index contributed by atoms with van der Waals surface area (Å²) >= 11 is 1.48. The molecule has 180 valence electrons. The van der Waals surface area contributed by atoms with Gasteiger partial charge in [-0.3, -0.25) is 14.5 Å². The highest BCUT2D eigenvalue weighted by Gasteiger charge is 2.22. The Balaban J connectivity index is 1.62. The molecule has 3 aromatic carbocycles. The van der Waals surface area contributed by atoms with Crippen LogP contribution in [-0.2, 0) is 0 Å². The molecule has 0 unspecified atom stereocenters. The van der Waals surface area contributed by atoms with Crippen molar-refractivity contribution in [2.24, 2.45) is 0 Å². The summed E-state index contributed by atoms with van der Waals surface area (Å²) in [5.74, 6) is 0.513. The lowest BCUT2D eigenvalue weighted by molar-refractivity contribution is 0.0983. The van der Waals surface area contributed by atoms with Gasteiger partial charge in [0, 0.05) is 23.2 Å². The van der Waals surface area contributed by atoms with Gasteiger partial charge in [-0.1, -0.05) is 59.9 Å². The van der Waals surface area contributed by atoms with E-state index in [2.05, 4.69) is 4.90 Å². The van der Waals surface area contributed by atoms with E-state index in [9.17, 15) is 9.59 Å². The van der Waals surface area contributed by atoms with Gasteiger partial charge < -0.3 is 9.64 Å². The predicted molar refractivity (Wildman–Crippen MR) is 142 cm³/mol. The lowest BCUT2D eigenvalue weighted by atomic mass is 10.0. The zero-order chi connectivity index (χ0) is 24.8. The Bertz CT molecular complexity index is 1300. The smallest absolute Gasteiger partial charge is 0.260 e. The van der Waals surface area contributed by atoms with Gasteiger partial charge in [0.05, 0.1) is 11.3 Å². The summed E-state index contributed by atoms with van der Waals surface area (Å²) in [6.45, 7) is 3.87. The number of para-hydroxylation sites is 1. The minimum Gasteiger partial charge on any atom is -0.492 e. The van der Waals surface area contributed by atoms with Gasteiger partial charge >= 0.3 is 0 Å². The largest absolute Gasteiger partial charge is 0.492 e. The predicted octanol–water partition coefficient (Wildman–Crippen LogP) is 5.52. The normalized spacial score (nSPS) is 11.1. The number of ether oxygens (including phenoxy) is 1. The molecule has 4 aromatic rings. The zero-order valence-corrected chi connectivity index (χ0v) is 21.0. The van der Waals surface area contributed by atoms with Gasteiger partial charge in [0.1, 0.15) is 11.3 Å². The molecule has 0 spiro atoms. The summed E-state index contributed by atoms with van der Waals surface area (Å²) in [4.78, 5) is 35.0. The van der Waals surface area contributed by atoms with E-state index in [1.807, 2.05) is 57.4 Å². The maximum absolute atomic E-state index is 13.6. The molecule has 1 aromatic heterocycles. The monoisotopic (exact) mass is 487 g/mol. The Labute approximate surface area is 209 Å². The van der Waals surface area contributed by atoms with Crippen molar-refractivity contribution in [2.75, 3.05) is 38.7 Å². The second kappa shape index (κ2) is 11.3. The number of hydrogen-bond acceptors (Lipinski definition) is 6. The molecule has 0 fully saturated rings. The van der Waals surface area contributed by atoms with Crippen molar-refractivity contribution >= 4 is 38.4 Å². The average Bonchev–Trinajstić information content (AvgIpc) is 3.31. The first-order chi connectivity index (χ1) is 17.0. The van der Waals surface area contributed by atoms with Crippen LogP contribution in [0.4, 0.5) is 5.13 Å². The van der Waals surface area contributed by atoms with Gasteiger partial charge in [-0.2, -0.15) is 0 Å². The molecule has 0 bridgehead atoms. The lowest BCUT2D eigenvalue weighted by Crippen LogP contribution is -2.33. The fourth-order valence-electron chi connectivity index (χ4n) is 3.80. The summed E-state index contributed by atoms with van der Waals surface area (Å²) in [5.41, 5.74) is 2.46. The number of hydrogen-bond donors (Lipinski definition) is 0. The average molecular weight is 488 g/mol. The molecule has 0 aliphatic heterocycles. The van der Waals surface area contributed by atoms with Crippen molar-refractivity contribution in [1.29, 1.82) is 0 Å². The van der Waals surface area contributed by atoms with Gasteiger partial charge in [0.2, 0.25) is 0 Å². The molecule has 35 heavy (non-hydrogen) atoms. The van der Waals surface area contributed by atoms with Crippen LogP contribution in [0.3, 0.4) is 0 Å². The van der Waals surface area contributed by atoms with Gasteiger partial charge in [-0.05, 0) is 58.3 Å². The van der Waals surface area contributed by atoms with Crippen LogP contribution >= 0.6 is 11.3 Å². The molecule has 4 rings (SSSR count). The van der Waals surface area contributed by atoms with Gasteiger partial charge in [-0.15, -0.1) is 0 Å². The number of rotatable bonds is 10. The number of thiazole rings is 1. The Morgan fingerprint density at radius 3 is 2.23 bits per heavy atom. The molecule has 0 atom stereocenters. The topological polar surface area (TPSA) is 62.7 Å². The second-order valence-electron chi connectivity index (χ2n) is 8.42. The summed E-state index contributed by atoms with van der Waals surface area (Å²) in [6.07, 6.45) is 0.803. The van der Waals surface area contributed by atoms with E-state index in [1.165, 1.54) is 11.3 Å². The number of fused-ring (bicyclic) bond motifs is 1. The van der Waals surface area contributed by atoms with E-state index in [0.29, 0.717) is 35.0 Å². The van der Waals surface area contributed by atoms with E-state index < -0.39 is 0 Å². The number of nitrogens with zero attached hydrogens (tertiary/aromatic N) is 3. The number of benzene rings is 3. The van der Waals surface area contributed by atoms with Gasteiger partial charge in [0.15, 0.2) is 10.9 Å². The molecule has 0 aliphatic carbocycles. The third kappa shape index (κ3) is 5.75. The van der Waals surface area contributed by atoms with E-state index >= 15 is 0 Å². The fraction of sp³-hybridized carbons (Fsp3) is 0.250. The number of anilines is 1. The Hall–Kier alpha value is -3.55. The minimum atomic E-state index is -0.139. The second-order valence-corrected chi connectivity index (χ2v) is 9.43. The van der Waals surface area contributed by atoms with Crippen LogP contribution in [0.15, 0.2) is 72.8 Å². The van der Waals surface area contributed by atoms with E-state index in [0.717, 1.165) is 28.9 Å². The molecule has 0 N–H and O–H groups in total. The van der Waals surface area contributed by atoms with Crippen LogP contribution < -0.4 is 9.64 Å². The number of aromatic nitrogens is 1. The van der Waals surface area contributed by atoms with Crippen molar-refractivity contribution in [3.63, 3.8) is 0 Å². The fourth-order valence-corrected chi connectivity index (χ4v) is 4.81. The van der Waals surface area contributed by atoms with Crippen LogP contribution in [0.2, 0.25) is 0 Å². The molecule has 0 aliphatic rings. The molecular weight excluding hydrogens is 458 g/mol. The summed E-state index contributed by atoms with van der Waals surface area (Å²) < 4.78 is 6.72. The molecule has 1 heterocycles. The van der Waals surface area contributed by atoms with Crippen molar-refractivity contribution in [3.05, 3.63) is 89.5 Å². The first-order valence-corrected chi connectivity index (χ1v) is 12.5. The SMILES string of the molecule is CCOc1cccc2sc(N(CCCN(C)C)C(=O)c3ccc(C(=O)c4ccccc4)cc3)nc12. The zero-order valence-electron chi connectivity index (χ0n) is 20.2. The molecule has 0 saturated heterocycles. The Morgan fingerprint density at radius 1 is 0.857 bits per heavy atom. The molecule has 7 heteroatoms. The summed E-state index contributed by atoms with van der Waals surface area (Å²) in [6, 6.07) is 21.8. The quantitative estimate of drug-likeness (QED) is 0.276. The first-order valence-electron chi connectivity index (χ1n) is 11.7. The summed E-state index contributed by atoms with van der Waals surface area (Å²) in [5, 5.41) is 0.639. The molecule has 6 nitrogen and oxygen atoms in total. The highest BCUT2D eigenvalue weighted by Crippen LogP contribution is 2.35. The summed E-state index contributed by atoms with van der Waals surface area (Å²) in [7, 11) is 4.03. The van der Waals surface area contributed by atoms with Crippen molar-refractivity contribution < 1.29 is 14.3 Å². The Kier molecular flexibility index (Phi) is 7.90. The lowest BCUT2D eigenvalue weighted by Gasteiger charge is -2.21. The molecular formula is C28H29N3O3S. The van der Waals surface area contributed by atoms with E-state index in [1.54, 1.807) is 41.3 Å². The highest BCUT2D eigenvalue weighted by atomic mass is 32.1. The number of ketones is 1. The van der Waals surface area contributed by atoms with Gasteiger partial charge in [-0.25, -0.2) is 4.98 Å². The Morgan fingerprint density at radius 2 is 1.54 bits per heavy atom. The highest BCUT2D eigenvalue weighted by molar-refractivity contribution is 7.22. The van der Waals surface area contributed by atoms with E-state index in [4.69, 9.17) is 9.72 Å². The van der Waals surface area contributed by atoms with Crippen molar-refractivity contribution in [3.8, 4) is 5.75 Å². The standard InChI is InChI=1S/C28H29N3O3S/c1-4-34-23-12-8-13-24-25(23)29-28(35-24)31(19-9-18-30(2)3)27(33)22-16-14-21(15-17-22)26(32)20-10-6-5-7-11-20/h5-8,10-17H,4,9,18-19H2,1-3H3. The minimum absolute atomic E-state index is 0.0675. The van der Waals surface area contributed by atoms with Crippen molar-refractivity contribution in [2.45, 2.75) is 13.3 Å². The van der Waals surface area contributed by atoms with E-state index in [-0.39, 0.29) is 11.7 Å². The van der Waals surface area contributed by atoms with Crippen LogP contribution in [0.1, 0.15) is 39.6 Å². The third-order valence-electron chi connectivity index (χ3n) is 5.56. The maximum Gasteiger partial charge on any atom is 0.260 e. The first kappa shape index (κ1) is 24.6. The number of amides is 1. The van der Waals surface area contributed by atoms with Crippen LogP contribution in [0.5, 0.6) is 5.75 Å². The van der Waals surface area contributed by atoms with Crippen LogP contribution in [0, 0.1) is 0 Å². The maximum atomic E-state index is 13.6. The van der Waals surface area contributed by atoms with Crippen LogP contribution in [-0.4, -0.2) is 55.4 Å². The van der Waals surface area contributed by atoms with Crippen molar-refractivity contribution in [1.82, 2.24) is 9.88 Å². The number of carbonyl (C=O) groups excluding carboxylic acids is 2. The molecule has 0 saturated carbocycles.